The Morgan fingerprint density at radius 3 is 2.89 bits per heavy atom. The van der Waals surface area contributed by atoms with Crippen LogP contribution in [0.25, 0.3) is 10.9 Å². The number of aromatic nitrogens is 2. The Kier molecular flexibility index (Phi) is 6.04. The highest BCUT2D eigenvalue weighted by molar-refractivity contribution is 7.99. The zero-order valence-electron chi connectivity index (χ0n) is 16.8. The van der Waals surface area contributed by atoms with E-state index < -0.39 is 0 Å². The van der Waals surface area contributed by atoms with E-state index in [2.05, 4.69) is 50.9 Å². The molecule has 2 unspecified atom stereocenters. The molecule has 2 aromatic rings. The molecule has 0 radical (unpaired) electrons. The third kappa shape index (κ3) is 4.26. The van der Waals surface area contributed by atoms with E-state index in [-0.39, 0.29) is 6.17 Å². The summed E-state index contributed by atoms with van der Waals surface area (Å²) in [5, 5.41) is 7.87. The summed E-state index contributed by atoms with van der Waals surface area (Å²) in [5.74, 6) is 4.31. The second-order valence-electron chi connectivity index (χ2n) is 7.68. The summed E-state index contributed by atoms with van der Waals surface area (Å²) in [5.41, 5.74) is 2.00. The molecule has 2 aliphatic heterocycles. The number of hydrogen-bond acceptors (Lipinski definition) is 7. The van der Waals surface area contributed by atoms with Crippen molar-refractivity contribution in [2.45, 2.75) is 32.1 Å². The fourth-order valence-electron chi connectivity index (χ4n) is 4.16. The van der Waals surface area contributed by atoms with E-state index in [9.17, 15) is 0 Å². The highest BCUT2D eigenvalue weighted by Crippen LogP contribution is 2.25. The number of nitrogens with one attached hydrogen (secondary N) is 2. The molecule has 3 heterocycles. The Morgan fingerprint density at radius 1 is 1.29 bits per heavy atom. The van der Waals surface area contributed by atoms with Crippen molar-refractivity contribution in [2.75, 3.05) is 43.5 Å². The van der Waals surface area contributed by atoms with Crippen molar-refractivity contribution in [3.05, 3.63) is 42.4 Å². The maximum Gasteiger partial charge on any atom is 0.145 e. The van der Waals surface area contributed by atoms with Crippen LogP contribution in [0.1, 0.15) is 19.2 Å². The normalized spacial score (nSPS) is 23.8. The van der Waals surface area contributed by atoms with Crippen molar-refractivity contribution in [1.82, 2.24) is 25.1 Å². The van der Waals surface area contributed by atoms with Crippen LogP contribution in [0.3, 0.4) is 0 Å². The van der Waals surface area contributed by atoms with E-state index in [1.54, 1.807) is 0 Å². The lowest BCUT2D eigenvalue weighted by molar-refractivity contribution is 0.0360. The van der Waals surface area contributed by atoms with Crippen LogP contribution in [0.4, 0.5) is 5.82 Å². The number of hydrogen-bond donors (Lipinski definition) is 2. The van der Waals surface area contributed by atoms with Gasteiger partial charge in [-0.15, -0.1) is 0 Å². The summed E-state index contributed by atoms with van der Waals surface area (Å²) in [7, 11) is 1.92. The molecule has 2 atom stereocenters. The summed E-state index contributed by atoms with van der Waals surface area (Å²) in [4.78, 5) is 14.7. The molecular weight excluding hydrogens is 368 g/mol. The van der Waals surface area contributed by atoms with Crippen molar-refractivity contribution < 1.29 is 0 Å². The van der Waals surface area contributed by atoms with E-state index in [0.29, 0.717) is 0 Å². The van der Waals surface area contributed by atoms with Gasteiger partial charge < -0.3 is 10.6 Å². The molecule has 1 aromatic heterocycles. The second kappa shape index (κ2) is 8.68. The van der Waals surface area contributed by atoms with E-state index in [0.717, 1.165) is 60.5 Å². The molecule has 6 nitrogen and oxygen atoms in total. The van der Waals surface area contributed by atoms with Gasteiger partial charge in [0, 0.05) is 49.6 Å². The lowest BCUT2D eigenvalue weighted by Gasteiger charge is -2.44. The number of para-hydroxylation sites is 1. The zero-order chi connectivity index (χ0) is 19.5. The molecule has 0 saturated carbocycles. The zero-order valence-corrected chi connectivity index (χ0v) is 17.6. The van der Waals surface area contributed by atoms with Crippen LogP contribution < -0.4 is 10.6 Å². The number of thioether (sulfide) groups is 1. The Balaban J connectivity index is 1.53. The number of nitrogens with zero attached hydrogens (tertiary/aromatic N) is 4. The van der Waals surface area contributed by atoms with Gasteiger partial charge >= 0.3 is 0 Å². The number of piperazine rings is 1. The maximum atomic E-state index is 4.83. The summed E-state index contributed by atoms with van der Waals surface area (Å²) in [6.07, 6.45) is 1.55. The summed E-state index contributed by atoms with van der Waals surface area (Å²) in [6, 6.07) is 8.89. The smallest absolute Gasteiger partial charge is 0.145 e. The number of fused-ring (bicyclic) bond motifs is 1. The molecule has 0 bridgehead atoms. The summed E-state index contributed by atoms with van der Waals surface area (Å²) >= 11 is 2.08. The van der Waals surface area contributed by atoms with Crippen LogP contribution in [0, 0.1) is 0 Å². The van der Waals surface area contributed by atoms with Gasteiger partial charge in [-0.3, -0.25) is 9.80 Å². The standard InChI is InChI=1S/C21H30N6S/c1-15(2)23-20-13-26(16-8-11-28-14-16)9-10-27(20)12-19-24-18-7-5-4-6-17(18)21(22-3)25-19/h4-7,16,20,23H,1,8-14H2,2-3H3,(H,22,24,25). The van der Waals surface area contributed by atoms with Crippen molar-refractivity contribution >= 4 is 28.5 Å². The van der Waals surface area contributed by atoms with Gasteiger partial charge in [0.15, 0.2) is 0 Å². The molecule has 150 valence electrons. The molecule has 28 heavy (non-hydrogen) atoms. The number of rotatable bonds is 6. The summed E-state index contributed by atoms with van der Waals surface area (Å²) in [6.45, 7) is 9.98. The van der Waals surface area contributed by atoms with Gasteiger partial charge in [-0.2, -0.15) is 11.8 Å². The van der Waals surface area contributed by atoms with Gasteiger partial charge in [0.05, 0.1) is 18.2 Å². The molecule has 2 fully saturated rings. The monoisotopic (exact) mass is 398 g/mol. The van der Waals surface area contributed by atoms with Crippen molar-refractivity contribution in [3.8, 4) is 0 Å². The van der Waals surface area contributed by atoms with Crippen molar-refractivity contribution in [2.24, 2.45) is 0 Å². The molecular formula is C21H30N6S. The largest absolute Gasteiger partial charge is 0.373 e. The van der Waals surface area contributed by atoms with Crippen LogP contribution in [0.5, 0.6) is 0 Å². The predicted octanol–water partition coefficient (Wildman–Crippen LogP) is 2.74. The van der Waals surface area contributed by atoms with Crippen molar-refractivity contribution in [3.63, 3.8) is 0 Å². The van der Waals surface area contributed by atoms with Gasteiger partial charge in [-0.1, -0.05) is 18.7 Å². The molecule has 0 amide bonds. The Morgan fingerprint density at radius 2 is 2.14 bits per heavy atom. The van der Waals surface area contributed by atoms with E-state index >= 15 is 0 Å². The molecule has 0 spiro atoms. The average molecular weight is 399 g/mol. The summed E-state index contributed by atoms with van der Waals surface area (Å²) < 4.78 is 0. The van der Waals surface area contributed by atoms with E-state index in [1.165, 1.54) is 17.9 Å². The Bertz CT molecular complexity index is 835. The van der Waals surface area contributed by atoms with Gasteiger partial charge in [0.2, 0.25) is 0 Å². The second-order valence-corrected chi connectivity index (χ2v) is 8.83. The topological polar surface area (TPSA) is 56.3 Å². The average Bonchev–Trinajstić information content (AvgIpc) is 3.23. The minimum atomic E-state index is 0.241. The molecule has 2 saturated heterocycles. The highest BCUT2D eigenvalue weighted by atomic mass is 32.2. The van der Waals surface area contributed by atoms with Crippen LogP contribution >= 0.6 is 11.8 Å². The van der Waals surface area contributed by atoms with Crippen molar-refractivity contribution in [1.29, 1.82) is 0 Å². The fourth-order valence-corrected chi connectivity index (χ4v) is 5.42. The molecule has 2 aliphatic rings. The number of benzene rings is 1. The number of allylic oxidation sites excluding steroid dienone is 1. The van der Waals surface area contributed by atoms with Crippen LogP contribution in [0.15, 0.2) is 36.5 Å². The fraction of sp³-hybridized carbons (Fsp3) is 0.524. The maximum absolute atomic E-state index is 4.83. The minimum absolute atomic E-state index is 0.241. The first-order valence-corrected chi connectivity index (χ1v) is 11.2. The van der Waals surface area contributed by atoms with E-state index in [4.69, 9.17) is 9.97 Å². The van der Waals surface area contributed by atoms with E-state index in [1.807, 2.05) is 26.1 Å². The molecule has 0 aliphatic carbocycles. The molecule has 7 heteroatoms. The first-order valence-electron chi connectivity index (χ1n) is 10.1. The lowest BCUT2D eigenvalue weighted by Crippen LogP contribution is -2.60. The van der Waals surface area contributed by atoms with Gasteiger partial charge in [0.1, 0.15) is 11.6 Å². The first kappa shape index (κ1) is 19.5. The quantitative estimate of drug-likeness (QED) is 0.776. The van der Waals surface area contributed by atoms with Crippen LogP contribution in [-0.4, -0.2) is 70.2 Å². The predicted molar refractivity (Wildman–Crippen MR) is 119 cm³/mol. The third-order valence-corrected chi connectivity index (χ3v) is 6.73. The molecule has 2 N–H and O–H groups in total. The van der Waals surface area contributed by atoms with Gasteiger partial charge in [-0.25, -0.2) is 9.97 Å². The SMILES string of the molecule is C=C(C)NC1CN(C2CCSC2)CCN1Cc1nc(NC)c2ccccc2n1. The Hall–Kier alpha value is -1.83. The highest BCUT2D eigenvalue weighted by Gasteiger charge is 2.32. The third-order valence-electron chi connectivity index (χ3n) is 5.59. The lowest BCUT2D eigenvalue weighted by atomic mass is 10.1. The van der Waals surface area contributed by atoms with Gasteiger partial charge in [0.25, 0.3) is 0 Å². The Labute approximate surface area is 171 Å². The van der Waals surface area contributed by atoms with Crippen LogP contribution in [-0.2, 0) is 6.54 Å². The van der Waals surface area contributed by atoms with Crippen LogP contribution in [0.2, 0.25) is 0 Å². The first-order chi connectivity index (χ1) is 13.6. The van der Waals surface area contributed by atoms with Gasteiger partial charge in [-0.05, 0) is 31.2 Å². The minimum Gasteiger partial charge on any atom is -0.373 e. The molecule has 4 rings (SSSR count). The molecule has 1 aromatic carbocycles. The number of anilines is 1.